The van der Waals surface area contributed by atoms with Gasteiger partial charge < -0.3 is 15.8 Å². The summed E-state index contributed by atoms with van der Waals surface area (Å²) in [7, 11) is 1.37. The van der Waals surface area contributed by atoms with E-state index in [2.05, 4.69) is 10.1 Å². The van der Waals surface area contributed by atoms with Crippen molar-refractivity contribution < 1.29 is 9.53 Å². The second-order valence-electron chi connectivity index (χ2n) is 4.35. The van der Waals surface area contributed by atoms with E-state index in [4.69, 9.17) is 5.73 Å². The van der Waals surface area contributed by atoms with Crippen LogP contribution in [0.5, 0.6) is 0 Å². The number of rotatable bonds is 3. The average Bonchev–Trinajstić information content (AvgIpc) is 2.41. The van der Waals surface area contributed by atoms with Crippen molar-refractivity contribution in [3.05, 3.63) is 23.8 Å². The number of hydrogen-bond acceptors (Lipinski definition) is 5. The molecule has 2 rings (SSSR count). The van der Waals surface area contributed by atoms with Gasteiger partial charge in [-0.2, -0.15) is 11.8 Å². The number of esters is 1. The molecule has 1 heterocycles. The summed E-state index contributed by atoms with van der Waals surface area (Å²) in [5.74, 6) is 1.99. The molecule has 0 saturated carbocycles. The molecule has 3 N–H and O–H groups in total. The quantitative estimate of drug-likeness (QED) is 0.649. The Kier molecular flexibility index (Phi) is 4.36. The van der Waals surface area contributed by atoms with Gasteiger partial charge in [-0.1, -0.05) is 0 Å². The van der Waals surface area contributed by atoms with Gasteiger partial charge >= 0.3 is 5.97 Å². The highest BCUT2D eigenvalue weighted by Gasteiger charge is 2.15. The summed E-state index contributed by atoms with van der Waals surface area (Å²) >= 11 is 1.96. The van der Waals surface area contributed by atoms with Gasteiger partial charge in [-0.15, -0.1) is 0 Å². The lowest BCUT2D eigenvalue weighted by molar-refractivity contribution is 0.0601. The monoisotopic (exact) mass is 266 g/mol. The van der Waals surface area contributed by atoms with Crippen molar-refractivity contribution >= 4 is 29.1 Å². The van der Waals surface area contributed by atoms with E-state index in [1.807, 2.05) is 17.8 Å². The zero-order chi connectivity index (χ0) is 13.0. The number of ether oxygens (including phenoxy) is 1. The Morgan fingerprint density at radius 2 is 2.39 bits per heavy atom. The highest BCUT2D eigenvalue weighted by molar-refractivity contribution is 7.99. The zero-order valence-corrected chi connectivity index (χ0v) is 11.3. The summed E-state index contributed by atoms with van der Waals surface area (Å²) in [4.78, 5) is 11.4. The first-order valence-electron chi connectivity index (χ1n) is 6.03. The van der Waals surface area contributed by atoms with Gasteiger partial charge in [0.25, 0.3) is 0 Å². The van der Waals surface area contributed by atoms with Crippen LogP contribution in [0.4, 0.5) is 11.4 Å². The van der Waals surface area contributed by atoms with E-state index in [0.717, 1.165) is 11.4 Å². The third kappa shape index (κ3) is 3.10. The molecule has 0 spiro atoms. The summed E-state index contributed by atoms with van der Waals surface area (Å²) in [6.07, 6.45) is 2.41. The number of thioether (sulfide) groups is 1. The molecule has 1 aromatic rings. The molecule has 0 aromatic heterocycles. The van der Waals surface area contributed by atoms with E-state index in [0.29, 0.717) is 17.3 Å². The van der Waals surface area contributed by atoms with E-state index >= 15 is 0 Å². The van der Waals surface area contributed by atoms with Crippen molar-refractivity contribution in [3.63, 3.8) is 0 Å². The SMILES string of the molecule is COC(=O)c1ccc(NC2CCCSC2)c(N)c1. The van der Waals surface area contributed by atoms with E-state index in [9.17, 15) is 4.79 Å². The molecule has 5 heteroatoms. The molecule has 0 aliphatic carbocycles. The number of anilines is 2. The van der Waals surface area contributed by atoms with Crippen LogP contribution in [0.25, 0.3) is 0 Å². The number of nitrogen functional groups attached to an aromatic ring is 1. The summed E-state index contributed by atoms with van der Waals surface area (Å²) in [6.45, 7) is 0. The molecule has 18 heavy (non-hydrogen) atoms. The van der Waals surface area contributed by atoms with Crippen molar-refractivity contribution in [2.24, 2.45) is 0 Å². The van der Waals surface area contributed by atoms with Crippen LogP contribution in [-0.4, -0.2) is 30.6 Å². The second-order valence-corrected chi connectivity index (χ2v) is 5.50. The van der Waals surface area contributed by atoms with Gasteiger partial charge in [-0.3, -0.25) is 0 Å². The minimum atomic E-state index is -0.360. The van der Waals surface area contributed by atoms with Crippen LogP contribution in [0, 0.1) is 0 Å². The Morgan fingerprint density at radius 1 is 1.56 bits per heavy atom. The highest BCUT2D eigenvalue weighted by Crippen LogP contribution is 2.25. The Hall–Kier alpha value is -1.36. The summed E-state index contributed by atoms with van der Waals surface area (Å²) in [6, 6.07) is 5.71. The van der Waals surface area contributed by atoms with Crippen molar-refractivity contribution in [1.29, 1.82) is 0 Å². The molecular weight excluding hydrogens is 248 g/mol. The standard InChI is InChI=1S/C13H18N2O2S/c1-17-13(16)9-4-5-12(11(14)7-9)15-10-3-2-6-18-8-10/h4-5,7,10,15H,2-3,6,8,14H2,1H3. The number of hydrogen-bond donors (Lipinski definition) is 2. The van der Waals surface area contributed by atoms with Gasteiger partial charge in [-0.25, -0.2) is 4.79 Å². The predicted molar refractivity (Wildman–Crippen MR) is 76.2 cm³/mol. The van der Waals surface area contributed by atoms with Crippen LogP contribution in [-0.2, 0) is 4.74 Å². The Bertz CT molecular complexity index is 431. The lowest BCUT2D eigenvalue weighted by Crippen LogP contribution is -2.26. The number of carbonyl (C=O) groups is 1. The van der Waals surface area contributed by atoms with E-state index in [1.54, 1.807) is 12.1 Å². The molecule has 1 unspecified atom stereocenters. The number of benzene rings is 1. The van der Waals surface area contributed by atoms with E-state index in [-0.39, 0.29) is 5.97 Å². The van der Waals surface area contributed by atoms with Crippen LogP contribution < -0.4 is 11.1 Å². The van der Waals surface area contributed by atoms with Crippen LogP contribution in [0.1, 0.15) is 23.2 Å². The maximum absolute atomic E-state index is 11.4. The maximum Gasteiger partial charge on any atom is 0.337 e. The largest absolute Gasteiger partial charge is 0.465 e. The smallest absolute Gasteiger partial charge is 0.337 e. The molecule has 1 aromatic carbocycles. The molecule has 1 saturated heterocycles. The fraction of sp³-hybridized carbons (Fsp3) is 0.462. The first-order valence-corrected chi connectivity index (χ1v) is 7.18. The van der Waals surface area contributed by atoms with Gasteiger partial charge in [0.15, 0.2) is 0 Å². The Labute approximate surface area is 111 Å². The normalized spacial score (nSPS) is 19.3. The highest BCUT2D eigenvalue weighted by atomic mass is 32.2. The van der Waals surface area contributed by atoms with Crippen LogP contribution in [0.3, 0.4) is 0 Å². The minimum absolute atomic E-state index is 0.360. The Balaban J connectivity index is 2.07. The maximum atomic E-state index is 11.4. The first-order chi connectivity index (χ1) is 8.70. The molecule has 0 radical (unpaired) electrons. The van der Waals surface area contributed by atoms with Gasteiger partial charge in [0.2, 0.25) is 0 Å². The average molecular weight is 266 g/mol. The third-order valence-electron chi connectivity index (χ3n) is 2.99. The molecule has 0 amide bonds. The molecule has 1 fully saturated rings. The minimum Gasteiger partial charge on any atom is -0.465 e. The van der Waals surface area contributed by atoms with Crippen molar-refractivity contribution in [3.8, 4) is 0 Å². The van der Waals surface area contributed by atoms with Gasteiger partial charge in [0.1, 0.15) is 0 Å². The van der Waals surface area contributed by atoms with Gasteiger partial charge in [0.05, 0.1) is 24.0 Å². The topological polar surface area (TPSA) is 64.3 Å². The second kappa shape index (κ2) is 6.00. The van der Waals surface area contributed by atoms with Crippen molar-refractivity contribution in [1.82, 2.24) is 0 Å². The third-order valence-corrected chi connectivity index (χ3v) is 4.21. The molecule has 0 bridgehead atoms. The number of nitrogens with two attached hydrogens (primary N) is 1. The Morgan fingerprint density at radius 3 is 3.00 bits per heavy atom. The first kappa shape index (κ1) is 13.1. The fourth-order valence-corrected chi connectivity index (χ4v) is 3.09. The summed E-state index contributed by atoms with van der Waals surface area (Å²) in [5.41, 5.74) is 7.93. The van der Waals surface area contributed by atoms with Gasteiger partial charge in [0, 0.05) is 11.8 Å². The van der Waals surface area contributed by atoms with E-state index in [1.165, 1.54) is 25.7 Å². The summed E-state index contributed by atoms with van der Waals surface area (Å²) < 4.78 is 4.66. The predicted octanol–water partition coefficient (Wildman–Crippen LogP) is 2.36. The van der Waals surface area contributed by atoms with Crippen LogP contribution in [0.15, 0.2) is 18.2 Å². The summed E-state index contributed by atoms with van der Waals surface area (Å²) in [5, 5.41) is 3.44. The lowest BCUT2D eigenvalue weighted by atomic mass is 10.1. The lowest BCUT2D eigenvalue weighted by Gasteiger charge is -2.24. The van der Waals surface area contributed by atoms with Crippen LogP contribution >= 0.6 is 11.8 Å². The fourth-order valence-electron chi connectivity index (χ4n) is 2.01. The molecule has 98 valence electrons. The van der Waals surface area contributed by atoms with Crippen LogP contribution in [0.2, 0.25) is 0 Å². The van der Waals surface area contributed by atoms with Crippen molar-refractivity contribution in [2.75, 3.05) is 29.7 Å². The number of nitrogens with one attached hydrogen (secondary N) is 1. The van der Waals surface area contributed by atoms with Gasteiger partial charge in [-0.05, 0) is 36.8 Å². The van der Waals surface area contributed by atoms with Crippen molar-refractivity contribution in [2.45, 2.75) is 18.9 Å². The van der Waals surface area contributed by atoms with E-state index < -0.39 is 0 Å². The number of carbonyl (C=O) groups excluding carboxylic acids is 1. The molecule has 1 aliphatic heterocycles. The molecule has 4 nitrogen and oxygen atoms in total. The molecule has 1 atom stereocenters. The molecule has 1 aliphatic rings. The number of methoxy groups -OCH3 is 1. The molecular formula is C13H18N2O2S. The zero-order valence-electron chi connectivity index (χ0n) is 10.4.